The van der Waals surface area contributed by atoms with E-state index in [1.54, 1.807) is 24.4 Å². The molecule has 1 amide bonds. The normalized spacial score (nSPS) is 15.3. The van der Waals surface area contributed by atoms with Crippen molar-refractivity contribution >= 4 is 11.6 Å². The van der Waals surface area contributed by atoms with Crippen LogP contribution in [-0.4, -0.2) is 16.6 Å². The first kappa shape index (κ1) is 11.6. The van der Waals surface area contributed by atoms with Gasteiger partial charge in [-0.2, -0.15) is 5.10 Å². The predicted molar refractivity (Wildman–Crippen MR) is 73.0 cm³/mol. The summed E-state index contributed by atoms with van der Waals surface area (Å²) in [5, 5.41) is 4.22. The lowest BCUT2D eigenvalue weighted by Crippen LogP contribution is -2.20. The minimum atomic E-state index is -0.280. The van der Waals surface area contributed by atoms with Crippen LogP contribution in [0, 0.1) is 0 Å². The number of amides is 1. The Morgan fingerprint density at radius 3 is 2.79 bits per heavy atom. The van der Waals surface area contributed by atoms with Gasteiger partial charge in [-0.25, -0.2) is 5.43 Å². The van der Waals surface area contributed by atoms with Gasteiger partial charge in [-0.15, -0.1) is 0 Å². The summed E-state index contributed by atoms with van der Waals surface area (Å²) in [4.78, 5) is 15.8. The molecule has 3 rings (SSSR count). The fourth-order valence-electron chi connectivity index (χ4n) is 2.20. The highest BCUT2D eigenvalue weighted by molar-refractivity contribution is 6.05. The monoisotopic (exact) mass is 251 g/mol. The molecule has 2 aromatic rings. The molecule has 1 aromatic carbocycles. The summed E-state index contributed by atoms with van der Waals surface area (Å²) < 4.78 is 0. The molecule has 0 saturated carbocycles. The van der Waals surface area contributed by atoms with E-state index < -0.39 is 0 Å². The Morgan fingerprint density at radius 1 is 1.11 bits per heavy atom. The first-order valence-electron chi connectivity index (χ1n) is 6.21. The summed E-state index contributed by atoms with van der Waals surface area (Å²) in [6.07, 6.45) is 3.43. The van der Waals surface area contributed by atoms with Crippen molar-refractivity contribution in [1.82, 2.24) is 10.4 Å². The van der Waals surface area contributed by atoms with Crippen LogP contribution in [-0.2, 0) is 6.42 Å². The molecule has 4 heteroatoms. The maximum atomic E-state index is 11.8. The Bertz CT molecular complexity index is 635. The number of nitrogens with one attached hydrogen (secondary N) is 1. The van der Waals surface area contributed by atoms with Crippen LogP contribution in [0.15, 0.2) is 53.8 Å². The minimum absolute atomic E-state index is 0.280. The maximum Gasteiger partial charge on any atom is 0.289 e. The topological polar surface area (TPSA) is 54.4 Å². The molecule has 0 radical (unpaired) electrons. The molecule has 1 aromatic heterocycles. The van der Waals surface area contributed by atoms with Gasteiger partial charge >= 0.3 is 0 Å². The van der Waals surface area contributed by atoms with Gasteiger partial charge in [0.15, 0.2) is 0 Å². The maximum absolute atomic E-state index is 11.8. The molecule has 0 unspecified atom stereocenters. The van der Waals surface area contributed by atoms with Crippen LogP contribution >= 0.6 is 0 Å². The number of pyridine rings is 1. The van der Waals surface area contributed by atoms with Crippen molar-refractivity contribution in [2.24, 2.45) is 5.10 Å². The fourth-order valence-corrected chi connectivity index (χ4v) is 2.20. The van der Waals surface area contributed by atoms with E-state index in [4.69, 9.17) is 0 Å². The first-order chi connectivity index (χ1) is 9.34. The second-order valence-corrected chi connectivity index (χ2v) is 4.37. The Kier molecular flexibility index (Phi) is 3.06. The Labute approximate surface area is 111 Å². The second kappa shape index (κ2) is 5.02. The first-order valence-corrected chi connectivity index (χ1v) is 6.21. The van der Waals surface area contributed by atoms with E-state index in [1.165, 1.54) is 5.56 Å². The summed E-state index contributed by atoms with van der Waals surface area (Å²) >= 11 is 0. The molecule has 1 N–H and O–H groups in total. The smallest absolute Gasteiger partial charge is 0.266 e. The van der Waals surface area contributed by atoms with Gasteiger partial charge in [0.2, 0.25) is 0 Å². The van der Waals surface area contributed by atoms with E-state index in [0.717, 1.165) is 24.1 Å². The van der Waals surface area contributed by atoms with E-state index in [1.807, 2.05) is 18.2 Å². The Hall–Kier alpha value is -2.49. The van der Waals surface area contributed by atoms with Gasteiger partial charge in [-0.3, -0.25) is 9.78 Å². The summed E-state index contributed by atoms with van der Waals surface area (Å²) in [5.74, 6) is -0.280. The third-order valence-electron chi connectivity index (χ3n) is 3.15. The largest absolute Gasteiger partial charge is 0.289 e. The SMILES string of the molecule is O=C(N/N=C1/CCc2ccccc21)c1ccccn1. The summed E-state index contributed by atoms with van der Waals surface area (Å²) in [7, 11) is 0. The molecule has 1 heterocycles. The Balaban J connectivity index is 1.77. The van der Waals surface area contributed by atoms with Crippen LogP contribution in [0.2, 0.25) is 0 Å². The van der Waals surface area contributed by atoms with Crippen LogP contribution < -0.4 is 5.43 Å². The van der Waals surface area contributed by atoms with Crippen LogP contribution in [0.5, 0.6) is 0 Å². The van der Waals surface area contributed by atoms with Crippen LogP contribution in [0.1, 0.15) is 28.0 Å². The molecule has 0 spiro atoms. The van der Waals surface area contributed by atoms with Gasteiger partial charge < -0.3 is 0 Å². The van der Waals surface area contributed by atoms with Gasteiger partial charge in [-0.05, 0) is 30.5 Å². The summed E-state index contributed by atoms with van der Waals surface area (Å²) in [6, 6.07) is 13.4. The molecule has 0 bridgehead atoms. The number of hydrogen-bond acceptors (Lipinski definition) is 3. The zero-order chi connectivity index (χ0) is 13.1. The molecule has 94 valence electrons. The van der Waals surface area contributed by atoms with E-state index in [0.29, 0.717) is 5.69 Å². The standard InChI is InChI=1S/C15H13N3O/c19-15(14-7-3-4-10-16-14)18-17-13-9-8-11-5-1-2-6-12(11)13/h1-7,10H,8-9H2,(H,18,19)/b17-13-. The number of benzene rings is 1. The van der Waals surface area contributed by atoms with Crippen molar-refractivity contribution in [3.8, 4) is 0 Å². The lowest BCUT2D eigenvalue weighted by Gasteiger charge is -2.01. The predicted octanol–water partition coefficient (Wildman–Crippen LogP) is 2.16. The number of hydrogen-bond donors (Lipinski definition) is 1. The van der Waals surface area contributed by atoms with Gasteiger partial charge in [0.25, 0.3) is 5.91 Å². The summed E-state index contributed by atoms with van der Waals surface area (Å²) in [5.41, 5.74) is 6.29. The van der Waals surface area contributed by atoms with E-state index >= 15 is 0 Å². The van der Waals surface area contributed by atoms with Gasteiger partial charge in [-0.1, -0.05) is 30.3 Å². The molecular formula is C15H13N3O. The number of hydrazone groups is 1. The lowest BCUT2D eigenvalue weighted by atomic mass is 10.1. The number of carbonyl (C=O) groups is 1. The average molecular weight is 251 g/mol. The van der Waals surface area contributed by atoms with Crippen LogP contribution in [0.4, 0.5) is 0 Å². The highest BCUT2D eigenvalue weighted by atomic mass is 16.2. The second-order valence-electron chi connectivity index (χ2n) is 4.37. The number of rotatable bonds is 2. The number of aromatic nitrogens is 1. The summed E-state index contributed by atoms with van der Waals surface area (Å²) in [6.45, 7) is 0. The molecular weight excluding hydrogens is 238 g/mol. The van der Waals surface area contributed by atoms with Gasteiger partial charge in [0, 0.05) is 11.8 Å². The molecule has 0 atom stereocenters. The van der Waals surface area contributed by atoms with Crippen LogP contribution in [0.25, 0.3) is 0 Å². The molecule has 19 heavy (non-hydrogen) atoms. The number of nitrogens with zero attached hydrogens (tertiary/aromatic N) is 2. The third-order valence-corrected chi connectivity index (χ3v) is 3.15. The minimum Gasteiger partial charge on any atom is -0.266 e. The van der Waals surface area contributed by atoms with E-state index in [-0.39, 0.29) is 5.91 Å². The number of fused-ring (bicyclic) bond motifs is 1. The van der Waals surface area contributed by atoms with Crippen molar-refractivity contribution in [3.05, 3.63) is 65.5 Å². The van der Waals surface area contributed by atoms with Crippen molar-refractivity contribution in [3.63, 3.8) is 0 Å². The molecule has 0 saturated heterocycles. The zero-order valence-electron chi connectivity index (χ0n) is 10.3. The lowest BCUT2D eigenvalue weighted by molar-refractivity contribution is 0.0950. The van der Waals surface area contributed by atoms with Crippen molar-refractivity contribution in [1.29, 1.82) is 0 Å². The van der Waals surface area contributed by atoms with Crippen LogP contribution in [0.3, 0.4) is 0 Å². The van der Waals surface area contributed by atoms with E-state index in [9.17, 15) is 4.79 Å². The molecule has 0 aliphatic heterocycles. The van der Waals surface area contributed by atoms with Crippen molar-refractivity contribution in [2.75, 3.05) is 0 Å². The van der Waals surface area contributed by atoms with Crippen molar-refractivity contribution in [2.45, 2.75) is 12.8 Å². The molecule has 1 aliphatic carbocycles. The highest BCUT2D eigenvalue weighted by Crippen LogP contribution is 2.21. The van der Waals surface area contributed by atoms with Gasteiger partial charge in [0.1, 0.15) is 5.69 Å². The zero-order valence-corrected chi connectivity index (χ0v) is 10.3. The molecule has 0 fully saturated rings. The van der Waals surface area contributed by atoms with Crippen molar-refractivity contribution < 1.29 is 4.79 Å². The Morgan fingerprint density at radius 2 is 1.95 bits per heavy atom. The molecule has 1 aliphatic rings. The highest BCUT2D eigenvalue weighted by Gasteiger charge is 2.17. The average Bonchev–Trinajstić information content (AvgIpc) is 2.89. The fraction of sp³-hybridized carbons (Fsp3) is 0.133. The van der Waals surface area contributed by atoms with Gasteiger partial charge in [0.05, 0.1) is 5.71 Å². The quantitative estimate of drug-likeness (QED) is 0.831. The third kappa shape index (κ3) is 2.38. The number of carbonyl (C=O) groups excluding carboxylic acids is 1. The number of aryl methyl sites for hydroxylation is 1. The van der Waals surface area contributed by atoms with E-state index in [2.05, 4.69) is 21.6 Å². The molecule has 4 nitrogen and oxygen atoms in total.